The Kier molecular flexibility index (Phi) is 8.59. The minimum atomic E-state index is -1.04. The van der Waals surface area contributed by atoms with E-state index in [-0.39, 0.29) is 22.0 Å². The van der Waals surface area contributed by atoms with Gasteiger partial charge in [0, 0.05) is 9.99 Å². The number of nitrogens with zero attached hydrogens (tertiary/aromatic N) is 1. The Balaban J connectivity index is 1.63. The summed E-state index contributed by atoms with van der Waals surface area (Å²) in [5.41, 5.74) is 0.502. The van der Waals surface area contributed by atoms with E-state index in [2.05, 4.69) is 32.9 Å². The number of aromatic amines is 1. The van der Waals surface area contributed by atoms with Crippen molar-refractivity contribution >= 4 is 68.6 Å². The molecule has 0 radical (unpaired) electrons. The smallest absolute Gasteiger partial charge is 0.333 e. The van der Waals surface area contributed by atoms with Gasteiger partial charge in [0.05, 0.1) is 38.3 Å². The van der Waals surface area contributed by atoms with Crippen molar-refractivity contribution in [3.05, 3.63) is 106 Å². The molecule has 11 heteroatoms. The second-order valence-electron chi connectivity index (χ2n) is 8.74. The van der Waals surface area contributed by atoms with Gasteiger partial charge < -0.3 is 15.0 Å². The summed E-state index contributed by atoms with van der Waals surface area (Å²) in [5, 5.41) is 3.35. The number of fused-ring (bicyclic) bond motifs is 1. The molecule has 8 nitrogen and oxygen atoms in total. The van der Waals surface area contributed by atoms with E-state index in [0.717, 1.165) is 8.14 Å². The molecule has 0 saturated heterocycles. The lowest BCUT2D eigenvalue weighted by molar-refractivity contribution is -0.149. The highest BCUT2D eigenvalue weighted by molar-refractivity contribution is 14.1. The lowest BCUT2D eigenvalue weighted by Crippen LogP contribution is -2.44. The molecule has 3 aromatic carbocycles. The van der Waals surface area contributed by atoms with Crippen LogP contribution in [0.2, 0.25) is 10.0 Å². The Morgan fingerprint density at radius 3 is 2.32 bits per heavy atom. The van der Waals surface area contributed by atoms with Gasteiger partial charge in [-0.1, -0.05) is 41.4 Å². The number of amides is 1. The van der Waals surface area contributed by atoms with Gasteiger partial charge in [0.2, 0.25) is 0 Å². The number of esters is 1. The molecule has 0 bridgehead atoms. The maximum Gasteiger partial charge on any atom is 0.333 e. The highest BCUT2D eigenvalue weighted by Gasteiger charge is 2.26. The van der Waals surface area contributed by atoms with Crippen LogP contribution in [0.3, 0.4) is 0 Å². The summed E-state index contributed by atoms with van der Waals surface area (Å²) in [5.74, 6) is -1.25. The van der Waals surface area contributed by atoms with Crippen LogP contribution in [0, 0.1) is 3.57 Å². The van der Waals surface area contributed by atoms with E-state index in [4.69, 9.17) is 27.9 Å². The van der Waals surface area contributed by atoms with E-state index in [1.165, 1.54) is 12.1 Å². The third kappa shape index (κ3) is 6.11. The van der Waals surface area contributed by atoms with Gasteiger partial charge in [-0.15, -0.1) is 0 Å². The first kappa shape index (κ1) is 27.9. The average molecular weight is 666 g/mol. The number of rotatable bonds is 7. The summed E-state index contributed by atoms with van der Waals surface area (Å²) in [6.45, 7) is 3.41. The zero-order valence-electron chi connectivity index (χ0n) is 20.3. The summed E-state index contributed by atoms with van der Waals surface area (Å²) < 4.78 is 7.26. The van der Waals surface area contributed by atoms with Crippen molar-refractivity contribution in [2.24, 2.45) is 0 Å². The molecule has 2 N–H and O–H groups in total. The highest BCUT2D eigenvalue weighted by Crippen LogP contribution is 2.24. The molecule has 0 spiro atoms. The molecule has 0 saturated carbocycles. The third-order valence-electron chi connectivity index (χ3n) is 5.63. The molecule has 1 amide bonds. The van der Waals surface area contributed by atoms with Crippen LogP contribution in [0.5, 0.6) is 0 Å². The van der Waals surface area contributed by atoms with E-state index in [0.29, 0.717) is 22.2 Å². The van der Waals surface area contributed by atoms with E-state index in [9.17, 15) is 19.2 Å². The predicted octanol–water partition coefficient (Wildman–Crippen LogP) is 4.88. The second kappa shape index (κ2) is 11.7. The number of hydrogen-bond acceptors (Lipinski definition) is 5. The Morgan fingerprint density at radius 2 is 1.68 bits per heavy atom. The van der Waals surface area contributed by atoms with Crippen LogP contribution >= 0.6 is 45.8 Å². The fraction of sp³-hybridized carbons (Fsp3) is 0.185. The number of nitrogens with one attached hydrogen (secondary N) is 2. The molecule has 1 heterocycles. The van der Waals surface area contributed by atoms with Gasteiger partial charge in [-0.3, -0.25) is 9.59 Å². The van der Waals surface area contributed by atoms with Crippen molar-refractivity contribution in [1.82, 2.24) is 14.9 Å². The molecule has 4 rings (SSSR count). The van der Waals surface area contributed by atoms with Crippen LogP contribution in [0.1, 0.15) is 29.8 Å². The van der Waals surface area contributed by atoms with Crippen LogP contribution in [0.15, 0.2) is 70.3 Å². The highest BCUT2D eigenvalue weighted by atomic mass is 127. The zero-order chi connectivity index (χ0) is 27.6. The molecule has 4 aromatic rings. The normalized spacial score (nSPS) is 11.9. The summed E-state index contributed by atoms with van der Waals surface area (Å²) in [4.78, 5) is 54.3. The largest absolute Gasteiger partial charge is 0.461 e. The van der Waals surface area contributed by atoms with E-state index in [1.54, 1.807) is 62.4 Å². The fourth-order valence-electron chi connectivity index (χ4n) is 3.89. The van der Waals surface area contributed by atoms with Crippen LogP contribution in [-0.4, -0.2) is 33.6 Å². The number of halogens is 3. The lowest BCUT2D eigenvalue weighted by Gasteiger charge is -2.20. The minimum absolute atomic E-state index is 0.0538. The van der Waals surface area contributed by atoms with Gasteiger partial charge in [-0.2, -0.15) is 0 Å². The maximum absolute atomic E-state index is 13.1. The van der Waals surface area contributed by atoms with Gasteiger partial charge >= 0.3 is 11.7 Å². The van der Waals surface area contributed by atoms with Crippen LogP contribution < -0.4 is 16.6 Å². The number of carbonyl (C=O) groups excluding carboxylic acids is 2. The predicted molar refractivity (Wildman–Crippen MR) is 156 cm³/mol. The van der Waals surface area contributed by atoms with Crippen molar-refractivity contribution in [2.75, 3.05) is 0 Å². The average Bonchev–Trinajstić information content (AvgIpc) is 2.84. The monoisotopic (exact) mass is 665 g/mol. The number of ether oxygens (including phenoxy) is 1. The summed E-state index contributed by atoms with van der Waals surface area (Å²) in [6.07, 6.45) is -0.316. The van der Waals surface area contributed by atoms with Gasteiger partial charge in [0.25, 0.3) is 11.5 Å². The van der Waals surface area contributed by atoms with Crippen molar-refractivity contribution in [3.8, 4) is 5.69 Å². The number of carbonyl (C=O) groups is 2. The molecule has 0 fully saturated rings. The second-order valence-corrected chi connectivity index (χ2v) is 10.8. The number of aromatic nitrogens is 2. The van der Waals surface area contributed by atoms with Crippen LogP contribution in [0.4, 0.5) is 0 Å². The molecule has 1 atom stereocenters. The first-order valence-electron chi connectivity index (χ1n) is 11.5. The van der Waals surface area contributed by atoms with Gasteiger partial charge in [0.1, 0.15) is 6.04 Å². The molecular weight excluding hydrogens is 644 g/mol. The van der Waals surface area contributed by atoms with Gasteiger partial charge in [0.15, 0.2) is 0 Å². The Morgan fingerprint density at radius 1 is 1.03 bits per heavy atom. The van der Waals surface area contributed by atoms with Gasteiger partial charge in [-0.25, -0.2) is 14.2 Å². The number of hydrogen-bond donors (Lipinski definition) is 2. The molecular formula is C27H22Cl2IN3O5. The molecule has 0 aliphatic carbocycles. The standard InChI is InChI=1S/C27H22Cl2IN3O5/c1-14(2)38-26(36)22(31-24(34)23-19(28)4-3-5-20(23)29)12-15-6-9-17(10-7-15)33-25(35)18-13-16(30)8-11-21(18)32-27(33)37/h3-11,13-14,22H,12H2,1-2H3,(H,31,34)(H,32,37)/t22-/m0/s1. The molecule has 0 aliphatic heterocycles. The Hall–Kier alpha value is -3.15. The van der Waals surface area contributed by atoms with Crippen molar-refractivity contribution in [2.45, 2.75) is 32.4 Å². The Labute approximate surface area is 241 Å². The number of benzene rings is 3. The van der Waals surface area contributed by atoms with E-state index < -0.39 is 35.3 Å². The number of H-pyrrole nitrogens is 1. The summed E-state index contributed by atoms with van der Waals surface area (Å²) >= 11 is 14.4. The molecule has 38 heavy (non-hydrogen) atoms. The molecule has 1 aromatic heterocycles. The van der Waals surface area contributed by atoms with Crippen molar-refractivity contribution in [3.63, 3.8) is 0 Å². The summed E-state index contributed by atoms with van der Waals surface area (Å²) in [7, 11) is 0. The lowest BCUT2D eigenvalue weighted by atomic mass is 10.0. The first-order valence-corrected chi connectivity index (χ1v) is 13.4. The van der Waals surface area contributed by atoms with Crippen molar-refractivity contribution < 1.29 is 14.3 Å². The van der Waals surface area contributed by atoms with E-state index in [1.807, 2.05) is 0 Å². The van der Waals surface area contributed by atoms with Crippen molar-refractivity contribution in [1.29, 1.82) is 0 Å². The SMILES string of the molecule is CC(C)OC(=O)[C@H](Cc1ccc(-n2c(=O)[nH]c3ccc(I)cc3c2=O)cc1)NC(=O)c1c(Cl)cccc1Cl. The van der Waals surface area contributed by atoms with E-state index >= 15 is 0 Å². The van der Waals surface area contributed by atoms with Crippen LogP contribution in [-0.2, 0) is 16.0 Å². The first-order chi connectivity index (χ1) is 18.0. The van der Waals surface area contributed by atoms with Crippen LogP contribution in [0.25, 0.3) is 16.6 Å². The topological polar surface area (TPSA) is 110 Å². The molecule has 0 unspecified atom stereocenters. The fourth-order valence-corrected chi connectivity index (χ4v) is 4.95. The Bertz CT molecular complexity index is 1630. The molecule has 196 valence electrons. The third-order valence-corrected chi connectivity index (χ3v) is 6.93. The quantitative estimate of drug-likeness (QED) is 0.216. The zero-order valence-corrected chi connectivity index (χ0v) is 23.9. The molecule has 0 aliphatic rings. The summed E-state index contributed by atoms with van der Waals surface area (Å²) in [6, 6.07) is 15.4. The maximum atomic E-state index is 13.1. The van der Waals surface area contributed by atoms with Gasteiger partial charge in [-0.05, 0) is 84.5 Å². The minimum Gasteiger partial charge on any atom is -0.461 e.